The van der Waals surface area contributed by atoms with E-state index >= 15 is 0 Å². The fourth-order valence-corrected chi connectivity index (χ4v) is 1.22. The third-order valence-electron chi connectivity index (χ3n) is 2.10. The van der Waals surface area contributed by atoms with Crippen LogP contribution in [0.3, 0.4) is 0 Å². The lowest BCUT2D eigenvalue weighted by Gasteiger charge is -2.05. The topological polar surface area (TPSA) is 38.3 Å². The Hall–Kier alpha value is -0.570. The van der Waals surface area contributed by atoms with E-state index in [1.54, 1.807) is 0 Å². The van der Waals surface area contributed by atoms with Gasteiger partial charge in [-0.3, -0.25) is 4.79 Å². The molecule has 0 spiro atoms. The Kier molecular flexibility index (Phi) is 8.64. The zero-order valence-electron chi connectivity index (χ0n) is 9.64. The molecule has 0 radical (unpaired) electrons. The van der Waals surface area contributed by atoms with Gasteiger partial charge >= 0.3 is 5.97 Å². The Morgan fingerprint density at radius 2 is 1.93 bits per heavy atom. The predicted molar refractivity (Wildman–Crippen MR) is 58.2 cm³/mol. The Bertz CT molecular complexity index is 146. The van der Waals surface area contributed by atoms with E-state index in [0.29, 0.717) is 6.42 Å². The molecule has 3 nitrogen and oxygen atoms in total. The van der Waals surface area contributed by atoms with Crippen molar-refractivity contribution in [2.24, 2.45) is 5.92 Å². The van der Waals surface area contributed by atoms with Gasteiger partial charge in [-0.1, -0.05) is 13.8 Å². The van der Waals surface area contributed by atoms with E-state index < -0.39 is 0 Å². The summed E-state index contributed by atoms with van der Waals surface area (Å²) in [6, 6.07) is 0. The quantitative estimate of drug-likeness (QED) is 0.482. The molecular formula is C11H23NO2. The third-order valence-corrected chi connectivity index (χ3v) is 2.10. The number of esters is 1. The van der Waals surface area contributed by atoms with Crippen molar-refractivity contribution in [1.29, 1.82) is 0 Å². The van der Waals surface area contributed by atoms with Crippen molar-refractivity contribution in [3.05, 3.63) is 0 Å². The van der Waals surface area contributed by atoms with Crippen LogP contribution < -0.4 is 5.32 Å². The number of ether oxygens (including phenoxy) is 1. The van der Waals surface area contributed by atoms with Crippen molar-refractivity contribution in [1.82, 2.24) is 5.32 Å². The Morgan fingerprint density at radius 3 is 2.50 bits per heavy atom. The summed E-state index contributed by atoms with van der Waals surface area (Å²) in [6.45, 7) is 6.43. The van der Waals surface area contributed by atoms with Gasteiger partial charge in [0.1, 0.15) is 0 Å². The van der Waals surface area contributed by atoms with E-state index in [0.717, 1.165) is 25.4 Å². The van der Waals surface area contributed by atoms with Crippen LogP contribution in [0.15, 0.2) is 0 Å². The van der Waals surface area contributed by atoms with Crippen molar-refractivity contribution >= 4 is 5.97 Å². The molecule has 0 unspecified atom stereocenters. The van der Waals surface area contributed by atoms with Crippen LogP contribution in [0.2, 0.25) is 0 Å². The van der Waals surface area contributed by atoms with Gasteiger partial charge in [0.25, 0.3) is 0 Å². The fraction of sp³-hybridized carbons (Fsp3) is 0.909. The Labute approximate surface area is 87.2 Å². The second-order valence-electron chi connectivity index (χ2n) is 3.97. The van der Waals surface area contributed by atoms with Gasteiger partial charge in [0.05, 0.1) is 7.11 Å². The van der Waals surface area contributed by atoms with Gasteiger partial charge < -0.3 is 10.1 Å². The highest BCUT2D eigenvalue weighted by Crippen LogP contribution is 2.01. The maximum absolute atomic E-state index is 10.7. The maximum atomic E-state index is 10.7. The Balaban J connectivity index is 3.03. The smallest absolute Gasteiger partial charge is 0.305 e. The van der Waals surface area contributed by atoms with Crippen LogP contribution >= 0.6 is 0 Å². The number of carbonyl (C=O) groups is 1. The third kappa shape index (κ3) is 9.52. The molecule has 0 atom stereocenters. The molecule has 0 aromatic carbocycles. The first-order valence-electron chi connectivity index (χ1n) is 5.44. The highest BCUT2D eigenvalue weighted by atomic mass is 16.5. The van der Waals surface area contributed by atoms with E-state index in [9.17, 15) is 4.79 Å². The lowest BCUT2D eigenvalue weighted by Crippen LogP contribution is -2.18. The molecule has 1 N–H and O–H groups in total. The molecule has 0 aliphatic heterocycles. The lowest BCUT2D eigenvalue weighted by molar-refractivity contribution is -0.140. The van der Waals surface area contributed by atoms with Crippen LogP contribution in [0.5, 0.6) is 0 Å². The van der Waals surface area contributed by atoms with Crippen LogP contribution in [-0.4, -0.2) is 26.2 Å². The molecule has 0 saturated heterocycles. The first kappa shape index (κ1) is 13.4. The second-order valence-corrected chi connectivity index (χ2v) is 3.97. The number of carbonyl (C=O) groups excluding carboxylic acids is 1. The number of methoxy groups -OCH3 is 1. The molecule has 0 aromatic rings. The standard InChI is InChI=1S/C11H23NO2/c1-10(2)6-4-8-12-9-5-7-11(13)14-3/h10,12H,4-9H2,1-3H3. The van der Waals surface area contributed by atoms with Crippen LogP contribution in [-0.2, 0) is 9.53 Å². The molecule has 0 saturated carbocycles. The van der Waals surface area contributed by atoms with Crippen LogP contribution in [0.25, 0.3) is 0 Å². The number of nitrogens with one attached hydrogen (secondary N) is 1. The minimum Gasteiger partial charge on any atom is -0.469 e. The van der Waals surface area contributed by atoms with E-state index in [2.05, 4.69) is 23.9 Å². The summed E-state index contributed by atoms with van der Waals surface area (Å²) in [5.41, 5.74) is 0. The average Bonchev–Trinajstić information content (AvgIpc) is 2.15. The predicted octanol–water partition coefficient (Wildman–Crippen LogP) is 1.97. The number of hydrogen-bond donors (Lipinski definition) is 1. The number of rotatable bonds is 8. The summed E-state index contributed by atoms with van der Waals surface area (Å²) in [6.07, 6.45) is 3.88. The van der Waals surface area contributed by atoms with Gasteiger partial charge in [-0.05, 0) is 38.3 Å². The van der Waals surface area contributed by atoms with Crippen LogP contribution in [0, 0.1) is 5.92 Å². The summed E-state index contributed by atoms with van der Waals surface area (Å²) in [5, 5.41) is 3.31. The minimum absolute atomic E-state index is 0.117. The van der Waals surface area contributed by atoms with E-state index in [1.807, 2.05) is 0 Å². The van der Waals surface area contributed by atoms with Gasteiger partial charge in [0.2, 0.25) is 0 Å². The van der Waals surface area contributed by atoms with E-state index in [-0.39, 0.29) is 5.97 Å². The Morgan fingerprint density at radius 1 is 1.29 bits per heavy atom. The molecule has 3 heteroatoms. The first-order valence-corrected chi connectivity index (χ1v) is 5.44. The lowest BCUT2D eigenvalue weighted by atomic mass is 10.1. The summed E-state index contributed by atoms with van der Waals surface area (Å²) in [4.78, 5) is 10.7. The maximum Gasteiger partial charge on any atom is 0.305 e. The van der Waals surface area contributed by atoms with E-state index in [4.69, 9.17) is 0 Å². The summed E-state index contributed by atoms with van der Waals surface area (Å²) in [5.74, 6) is 0.667. The number of hydrogen-bond acceptors (Lipinski definition) is 3. The molecule has 0 fully saturated rings. The highest BCUT2D eigenvalue weighted by molar-refractivity contribution is 5.68. The summed E-state index contributed by atoms with van der Waals surface area (Å²) >= 11 is 0. The molecule has 14 heavy (non-hydrogen) atoms. The monoisotopic (exact) mass is 201 g/mol. The zero-order valence-corrected chi connectivity index (χ0v) is 9.64. The molecule has 0 amide bonds. The summed E-state index contributed by atoms with van der Waals surface area (Å²) < 4.78 is 4.54. The fourth-order valence-electron chi connectivity index (χ4n) is 1.22. The molecule has 0 aliphatic carbocycles. The minimum atomic E-state index is -0.117. The van der Waals surface area contributed by atoms with Crippen LogP contribution in [0.4, 0.5) is 0 Å². The van der Waals surface area contributed by atoms with Gasteiger partial charge in [0, 0.05) is 6.42 Å². The van der Waals surface area contributed by atoms with Crippen LogP contribution in [0.1, 0.15) is 39.5 Å². The highest BCUT2D eigenvalue weighted by Gasteiger charge is 1.98. The van der Waals surface area contributed by atoms with Gasteiger partial charge in [0.15, 0.2) is 0 Å². The molecule has 84 valence electrons. The molecule has 0 aliphatic rings. The molecule has 0 rings (SSSR count). The normalized spacial score (nSPS) is 10.6. The van der Waals surface area contributed by atoms with Crippen molar-refractivity contribution in [3.8, 4) is 0 Å². The SMILES string of the molecule is COC(=O)CCCNCCCC(C)C. The van der Waals surface area contributed by atoms with Crippen molar-refractivity contribution in [3.63, 3.8) is 0 Å². The average molecular weight is 201 g/mol. The van der Waals surface area contributed by atoms with E-state index in [1.165, 1.54) is 20.0 Å². The first-order chi connectivity index (χ1) is 6.66. The van der Waals surface area contributed by atoms with Crippen molar-refractivity contribution in [2.75, 3.05) is 20.2 Å². The molecule has 0 bridgehead atoms. The van der Waals surface area contributed by atoms with Gasteiger partial charge in [-0.15, -0.1) is 0 Å². The second kappa shape index (κ2) is 9.00. The van der Waals surface area contributed by atoms with Gasteiger partial charge in [-0.25, -0.2) is 0 Å². The zero-order chi connectivity index (χ0) is 10.8. The molecular weight excluding hydrogens is 178 g/mol. The summed E-state index contributed by atoms with van der Waals surface area (Å²) in [7, 11) is 1.43. The van der Waals surface area contributed by atoms with Crippen molar-refractivity contribution < 1.29 is 9.53 Å². The molecule has 0 aromatic heterocycles. The largest absolute Gasteiger partial charge is 0.469 e. The van der Waals surface area contributed by atoms with Gasteiger partial charge in [-0.2, -0.15) is 0 Å². The van der Waals surface area contributed by atoms with Crippen molar-refractivity contribution in [2.45, 2.75) is 39.5 Å². The molecule has 0 heterocycles.